The van der Waals surface area contributed by atoms with Gasteiger partial charge in [0.2, 0.25) is 5.91 Å². The van der Waals surface area contributed by atoms with Crippen molar-refractivity contribution in [3.63, 3.8) is 0 Å². The van der Waals surface area contributed by atoms with Crippen LogP contribution in [-0.2, 0) is 11.2 Å². The summed E-state index contributed by atoms with van der Waals surface area (Å²) >= 11 is 1.57. The molecule has 2 aromatic heterocycles. The molecule has 1 saturated heterocycles. The lowest BCUT2D eigenvalue weighted by molar-refractivity contribution is -0.132. The predicted molar refractivity (Wildman–Crippen MR) is 102 cm³/mol. The Kier molecular flexibility index (Phi) is 5.01. The van der Waals surface area contributed by atoms with Gasteiger partial charge in [-0.15, -0.1) is 11.3 Å². The van der Waals surface area contributed by atoms with Crippen molar-refractivity contribution < 1.29 is 9.90 Å². The van der Waals surface area contributed by atoms with Crippen LogP contribution in [0.15, 0.2) is 41.9 Å². The van der Waals surface area contributed by atoms with Crippen molar-refractivity contribution in [2.24, 2.45) is 0 Å². The molecule has 0 atom stereocenters. The third-order valence-corrected chi connectivity index (χ3v) is 5.72. The first kappa shape index (κ1) is 17.2. The molecule has 7 heteroatoms. The van der Waals surface area contributed by atoms with E-state index in [4.69, 9.17) is 5.11 Å². The second-order valence-electron chi connectivity index (χ2n) is 6.49. The largest absolute Gasteiger partial charge is 0.395 e. The zero-order chi connectivity index (χ0) is 17.9. The smallest absolute Gasteiger partial charge is 0.228 e. The topological polar surface area (TPSA) is 61.1 Å². The molecule has 26 heavy (non-hydrogen) atoms. The average Bonchev–Trinajstić information content (AvgIpc) is 3.25. The first-order chi connectivity index (χ1) is 12.7. The molecule has 0 bridgehead atoms. The van der Waals surface area contributed by atoms with E-state index in [0.717, 1.165) is 48.1 Å². The Bertz CT molecular complexity index is 881. The van der Waals surface area contributed by atoms with Crippen LogP contribution in [0.25, 0.3) is 16.2 Å². The van der Waals surface area contributed by atoms with E-state index in [2.05, 4.69) is 9.88 Å². The van der Waals surface area contributed by atoms with E-state index in [0.29, 0.717) is 13.0 Å². The van der Waals surface area contributed by atoms with Crippen molar-refractivity contribution >= 4 is 22.2 Å². The number of imidazole rings is 1. The Morgan fingerprint density at radius 2 is 1.92 bits per heavy atom. The molecule has 3 aromatic rings. The number of aliphatic hydroxyl groups is 1. The highest BCUT2D eigenvalue weighted by Crippen LogP contribution is 2.24. The van der Waals surface area contributed by atoms with Crippen LogP contribution in [0.2, 0.25) is 0 Å². The van der Waals surface area contributed by atoms with Gasteiger partial charge in [0.1, 0.15) is 0 Å². The molecule has 0 aliphatic carbocycles. The van der Waals surface area contributed by atoms with Crippen LogP contribution in [0.4, 0.5) is 0 Å². The number of amides is 1. The van der Waals surface area contributed by atoms with Gasteiger partial charge in [-0.1, -0.05) is 30.3 Å². The summed E-state index contributed by atoms with van der Waals surface area (Å²) in [7, 11) is 0. The van der Waals surface area contributed by atoms with Gasteiger partial charge in [0, 0.05) is 55.6 Å². The number of carbonyl (C=O) groups is 1. The van der Waals surface area contributed by atoms with E-state index in [1.165, 1.54) is 0 Å². The van der Waals surface area contributed by atoms with Gasteiger partial charge in [-0.05, 0) is 0 Å². The quantitative estimate of drug-likeness (QED) is 0.743. The molecule has 1 amide bonds. The number of nitrogens with zero attached hydrogens (tertiary/aromatic N) is 4. The van der Waals surface area contributed by atoms with Crippen molar-refractivity contribution in [3.8, 4) is 11.3 Å². The Labute approximate surface area is 156 Å². The molecule has 0 saturated carbocycles. The molecule has 4 rings (SSSR count). The van der Waals surface area contributed by atoms with Gasteiger partial charge in [-0.2, -0.15) is 0 Å². The summed E-state index contributed by atoms with van der Waals surface area (Å²) in [5.41, 5.74) is 3.01. The lowest BCUT2D eigenvalue weighted by Crippen LogP contribution is -2.49. The molecule has 6 nitrogen and oxygen atoms in total. The standard InChI is InChI=1S/C19H22N4O2S/c24-11-10-21-6-8-22(9-7-21)18(25)12-16-14-26-19-20-17(13-23(16)19)15-4-2-1-3-5-15/h1-5,13-14,24H,6-12H2. The molecule has 1 N–H and O–H groups in total. The SMILES string of the molecule is O=C(Cc1csc2nc(-c3ccccc3)cn12)N1CCN(CCO)CC1. The lowest BCUT2D eigenvalue weighted by atomic mass is 10.2. The van der Waals surface area contributed by atoms with Gasteiger partial charge in [0.25, 0.3) is 0 Å². The highest BCUT2D eigenvalue weighted by atomic mass is 32.1. The minimum Gasteiger partial charge on any atom is -0.395 e. The maximum Gasteiger partial charge on any atom is 0.228 e. The summed E-state index contributed by atoms with van der Waals surface area (Å²) < 4.78 is 2.03. The number of benzene rings is 1. The van der Waals surface area contributed by atoms with E-state index >= 15 is 0 Å². The highest BCUT2D eigenvalue weighted by molar-refractivity contribution is 7.15. The van der Waals surface area contributed by atoms with Crippen molar-refractivity contribution in [3.05, 3.63) is 47.6 Å². The van der Waals surface area contributed by atoms with Crippen molar-refractivity contribution in [2.75, 3.05) is 39.3 Å². The summed E-state index contributed by atoms with van der Waals surface area (Å²) in [4.78, 5) is 22.4. The Morgan fingerprint density at radius 3 is 2.65 bits per heavy atom. The van der Waals surface area contributed by atoms with Crippen LogP contribution in [0.1, 0.15) is 5.69 Å². The Hall–Kier alpha value is -2.22. The second kappa shape index (κ2) is 7.57. The van der Waals surface area contributed by atoms with Crippen molar-refractivity contribution in [1.82, 2.24) is 19.2 Å². The normalized spacial score (nSPS) is 15.7. The van der Waals surface area contributed by atoms with E-state index in [1.54, 1.807) is 11.3 Å². The number of piperazine rings is 1. The summed E-state index contributed by atoms with van der Waals surface area (Å²) in [6.45, 7) is 3.97. The number of thiazole rings is 1. The molecular formula is C19H22N4O2S. The lowest BCUT2D eigenvalue weighted by Gasteiger charge is -2.34. The number of aromatic nitrogens is 2. The predicted octanol–water partition coefficient (Wildman–Crippen LogP) is 1.74. The molecular weight excluding hydrogens is 348 g/mol. The van der Waals surface area contributed by atoms with E-state index in [1.807, 2.05) is 51.2 Å². The second-order valence-corrected chi connectivity index (χ2v) is 7.33. The number of carbonyl (C=O) groups excluding carboxylic acids is 1. The molecule has 1 aliphatic rings. The number of β-amino-alcohol motifs (C(OH)–C–C–N with tert-alkyl or cyclic N) is 1. The fourth-order valence-electron chi connectivity index (χ4n) is 3.33. The van der Waals surface area contributed by atoms with Crippen LogP contribution >= 0.6 is 11.3 Å². The van der Waals surface area contributed by atoms with Gasteiger partial charge in [0.05, 0.1) is 18.7 Å². The van der Waals surface area contributed by atoms with E-state index < -0.39 is 0 Å². The highest BCUT2D eigenvalue weighted by Gasteiger charge is 2.22. The molecule has 3 heterocycles. The number of hydrogen-bond donors (Lipinski definition) is 1. The van der Waals surface area contributed by atoms with Crippen LogP contribution in [-0.4, -0.2) is 69.5 Å². The van der Waals surface area contributed by atoms with Crippen molar-refractivity contribution in [1.29, 1.82) is 0 Å². The maximum atomic E-state index is 12.7. The minimum atomic E-state index is 0.156. The first-order valence-electron chi connectivity index (χ1n) is 8.86. The third kappa shape index (κ3) is 3.51. The molecule has 0 radical (unpaired) electrons. The van der Waals surface area contributed by atoms with Crippen LogP contribution < -0.4 is 0 Å². The van der Waals surface area contributed by atoms with Gasteiger partial charge in [-0.3, -0.25) is 14.1 Å². The molecule has 136 valence electrons. The number of fused-ring (bicyclic) bond motifs is 1. The monoisotopic (exact) mass is 370 g/mol. The number of aliphatic hydroxyl groups excluding tert-OH is 1. The Morgan fingerprint density at radius 1 is 1.15 bits per heavy atom. The average molecular weight is 370 g/mol. The first-order valence-corrected chi connectivity index (χ1v) is 9.74. The van der Waals surface area contributed by atoms with Gasteiger partial charge in [-0.25, -0.2) is 4.98 Å². The molecule has 0 spiro atoms. The van der Waals surface area contributed by atoms with Gasteiger partial charge >= 0.3 is 0 Å². The summed E-state index contributed by atoms with van der Waals surface area (Å²) in [6.07, 6.45) is 2.41. The van der Waals surface area contributed by atoms with Gasteiger partial charge in [0.15, 0.2) is 4.96 Å². The van der Waals surface area contributed by atoms with E-state index in [9.17, 15) is 4.79 Å². The van der Waals surface area contributed by atoms with Crippen molar-refractivity contribution in [2.45, 2.75) is 6.42 Å². The number of rotatable bonds is 5. The van der Waals surface area contributed by atoms with Crippen LogP contribution in [0.5, 0.6) is 0 Å². The maximum absolute atomic E-state index is 12.7. The number of hydrogen-bond acceptors (Lipinski definition) is 5. The fourth-order valence-corrected chi connectivity index (χ4v) is 4.21. The molecule has 1 aliphatic heterocycles. The molecule has 1 fully saturated rings. The zero-order valence-electron chi connectivity index (χ0n) is 14.5. The summed E-state index contributed by atoms with van der Waals surface area (Å²) in [5, 5.41) is 11.0. The van der Waals surface area contributed by atoms with Crippen LogP contribution in [0, 0.1) is 0 Å². The molecule has 1 aromatic carbocycles. The third-order valence-electron chi connectivity index (χ3n) is 4.83. The Balaban J connectivity index is 1.46. The summed E-state index contributed by atoms with van der Waals surface area (Å²) in [5.74, 6) is 0.156. The van der Waals surface area contributed by atoms with E-state index in [-0.39, 0.29) is 12.5 Å². The zero-order valence-corrected chi connectivity index (χ0v) is 15.4. The minimum absolute atomic E-state index is 0.156. The molecule has 0 unspecified atom stereocenters. The fraction of sp³-hybridized carbons (Fsp3) is 0.368. The van der Waals surface area contributed by atoms with Crippen LogP contribution in [0.3, 0.4) is 0 Å². The summed E-state index contributed by atoms with van der Waals surface area (Å²) in [6, 6.07) is 10.1. The van der Waals surface area contributed by atoms with Gasteiger partial charge < -0.3 is 10.0 Å².